The Labute approximate surface area is 159 Å². The Morgan fingerprint density at radius 1 is 1.11 bits per heavy atom. The minimum Gasteiger partial charge on any atom is -0.378 e. The molecule has 0 spiro atoms. The standard InChI is InChI=1S/C20H26N6O/c1-2-3-9-21-18-17-19(24-20(23-18)25-10-12-27-13-11-25)26(15-22-17)14-16-7-5-4-6-8-16/h4-8,15H,2-3,9-14H2,1H3,(H,21,23,24). The van der Waals surface area contributed by atoms with Gasteiger partial charge in [0.25, 0.3) is 0 Å². The molecule has 1 saturated heterocycles. The first-order chi connectivity index (χ1) is 13.3. The first-order valence-electron chi connectivity index (χ1n) is 9.68. The number of nitrogens with one attached hydrogen (secondary N) is 1. The van der Waals surface area contributed by atoms with Gasteiger partial charge in [0.2, 0.25) is 5.95 Å². The van der Waals surface area contributed by atoms with E-state index in [0.29, 0.717) is 13.2 Å². The summed E-state index contributed by atoms with van der Waals surface area (Å²) in [5.74, 6) is 1.57. The summed E-state index contributed by atoms with van der Waals surface area (Å²) in [4.78, 5) is 16.5. The smallest absolute Gasteiger partial charge is 0.229 e. The van der Waals surface area contributed by atoms with Gasteiger partial charge in [-0.1, -0.05) is 43.7 Å². The largest absolute Gasteiger partial charge is 0.378 e. The van der Waals surface area contributed by atoms with Crippen molar-refractivity contribution in [2.45, 2.75) is 26.3 Å². The Bertz CT molecular complexity index is 873. The molecule has 1 aliphatic heterocycles. The number of hydrogen-bond donors (Lipinski definition) is 1. The summed E-state index contributed by atoms with van der Waals surface area (Å²) in [5.41, 5.74) is 2.93. The van der Waals surface area contributed by atoms with Gasteiger partial charge < -0.3 is 19.5 Å². The van der Waals surface area contributed by atoms with E-state index in [1.54, 1.807) is 0 Å². The Morgan fingerprint density at radius 2 is 1.93 bits per heavy atom. The van der Waals surface area contributed by atoms with E-state index in [9.17, 15) is 0 Å². The summed E-state index contributed by atoms with van der Waals surface area (Å²) in [5, 5.41) is 3.46. The van der Waals surface area contributed by atoms with Crippen molar-refractivity contribution < 1.29 is 4.74 Å². The molecule has 0 radical (unpaired) electrons. The lowest BCUT2D eigenvalue weighted by Gasteiger charge is -2.27. The fraction of sp³-hybridized carbons (Fsp3) is 0.450. The molecule has 7 nitrogen and oxygen atoms in total. The lowest BCUT2D eigenvalue weighted by molar-refractivity contribution is 0.122. The van der Waals surface area contributed by atoms with Gasteiger partial charge in [-0.05, 0) is 12.0 Å². The molecule has 4 rings (SSSR count). The molecule has 142 valence electrons. The van der Waals surface area contributed by atoms with Gasteiger partial charge >= 0.3 is 0 Å². The highest BCUT2D eigenvalue weighted by atomic mass is 16.5. The Kier molecular flexibility index (Phi) is 5.48. The molecule has 3 heterocycles. The molecule has 1 fully saturated rings. The number of hydrogen-bond acceptors (Lipinski definition) is 6. The molecule has 7 heteroatoms. The highest BCUT2D eigenvalue weighted by Gasteiger charge is 2.19. The van der Waals surface area contributed by atoms with Crippen LogP contribution in [0, 0.1) is 0 Å². The molecule has 2 aromatic heterocycles. The number of anilines is 2. The molecule has 0 saturated carbocycles. The number of imidazole rings is 1. The van der Waals surface area contributed by atoms with Gasteiger partial charge in [-0.15, -0.1) is 0 Å². The van der Waals surface area contributed by atoms with Crippen LogP contribution in [0.1, 0.15) is 25.3 Å². The van der Waals surface area contributed by atoms with Crippen molar-refractivity contribution in [2.24, 2.45) is 0 Å². The van der Waals surface area contributed by atoms with Crippen LogP contribution in [0.2, 0.25) is 0 Å². The molecule has 3 aromatic rings. The zero-order chi connectivity index (χ0) is 18.5. The van der Waals surface area contributed by atoms with Gasteiger partial charge in [0.05, 0.1) is 26.1 Å². The molecule has 0 amide bonds. The Morgan fingerprint density at radius 3 is 2.70 bits per heavy atom. The predicted octanol–water partition coefficient (Wildman–Crippen LogP) is 2.92. The number of ether oxygens (including phenoxy) is 1. The zero-order valence-electron chi connectivity index (χ0n) is 15.8. The summed E-state index contributed by atoms with van der Waals surface area (Å²) in [7, 11) is 0. The Hall–Kier alpha value is -2.67. The second kappa shape index (κ2) is 8.35. The monoisotopic (exact) mass is 366 g/mol. The van der Waals surface area contributed by atoms with Crippen molar-refractivity contribution >= 4 is 22.9 Å². The lowest BCUT2D eigenvalue weighted by atomic mass is 10.2. The van der Waals surface area contributed by atoms with E-state index < -0.39 is 0 Å². The molecule has 1 N–H and O–H groups in total. The molecular weight excluding hydrogens is 340 g/mol. The van der Waals surface area contributed by atoms with Gasteiger partial charge in [0, 0.05) is 19.6 Å². The fourth-order valence-corrected chi connectivity index (χ4v) is 3.24. The molecule has 0 bridgehead atoms. The van der Waals surface area contributed by atoms with Crippen LogP contribution in [-0.2, 0) is 11.3 Å². The van der Waals surface area contributed by atoms with E-state index in [-0.39, 0.29) is 0 Å². The van der Waals surface area contributed by atoms with Crippen LogP contribution >= 0.6 is 0 Å². The normalized spacial score (nSPS) is 14.6. The summed E-state index contributed by atoms with van der Waals surface area (Å²) in [6, 6.07) is 10.4. The summed E-state index contributed by atoms with van der Waals surface area (Å²) in [6.45, 7) is 6.86. The first kappa shape index (κ1) is 17.7. The second-order valence-electron chi connectivity index (χ2n) is 6.78. The fourth-order valence-electron chi connectivity index (χ4n) is 3.24. The van der Waals surface area contributed by atoms with Crippen LogP contribution in [0.5, 0.6) is 0 Å². The number of aromatic nitrogens is 4. The lowest BCUT2D eigenvalue weighted by Crippen LogP contribution is -2.37. The maximum atomic E-state index is 5.48. The Balaban J connectivity index is 1.70. The third kappa shape index (κ3) is 4.03. The van der Waals surface area contributed by atoms with E-state index >= 15 is 0 Å². The van der Waals surface area contributed by atoms with Gasteiger partial charge in [-0.3, -0.25) is 0 Å². The molecule has 1 aromatic carbocycles. The minimum absolute atomic E-state index is 0.712. The topological polar surface area (TPSA) is 68.1 Å². The van der Waals surface area contributed by atoms with E-state index in [1.165, 1.54) is 5.56 Å². The molecule has 27 heavy (non-hydrogen) atoms. The average Bonchev–Trinajstić information content (AvgIpc) is 3.12. The second-order valence-corrected chi connectivity index (χ2v) is 6.78. The maximum absolute atomic E-state index is 5.48. The average molecular weight is 366 g/mol. The van der Waals surface area contributed by atoms with Crippen molar-refractivity contribution in [3.8, 4) is 0 Å². The molecule has 0 unspecified atom stereocenters. The summed E-state index contributed by atoms with van der Waals surface area (Å²) < 4.78 is 7.57. The van der Waals surface area contributed by atoms with Crippen LogP contribution in [0.3, 0.4) is 0 Å². The van der Waals surface area contributed by atoms with Gasteiger partial charge in [0.15, 0.2) is 17.0 Å². The number of benzene rings is 1. The van der Waals surface area contributed by atoms with E-state index in [0.717, 1.165) is 62.0 Å². The third-order valence-corrected chi connectivity index (χ3v) is 4.76. The predicted molar refractivity (Wildman–Crippen MR) is 107 cm³/mol. The van der Waals surface area contributed by atoms with Crippen LogP contribution in [0.4, 0.5) is 11.8 Å². The van der Waals surface area contributed by atoms with E-state index in [2.05, 4.69) is 51.0 Å². The van der Waals surface area contributed by atoms with Gasteiger partial charge in [-0.2, -0.15) is 9.97 Å². The summed E-state index contributed by atoms with van der Waals surface area (Å²) >= 11 is 0. The van der Waals surface area contributed by atoms with Crippen LogP contribution in [0.25, 0.3) is 11.2 Å². The van der Waals surface area contributed by atoms with Crippen LogP contribution in [0.15, 0.2) is 36.7 Å². The number of fused-ring (bicyclic) bond motifs is 1. The van der Waals surface area contributed by atoms with Gasteiger partial charge in [0.1, 0.15) is 0 Å². The van der Waals surface area contributed by atoms with Crippen molar-refractivity contribution in [3.63, 3.8) is 0 Å². The summed E-state index contributed by atoms with van der Waals surface area (Å²) in [6.07, 6.45) is 4.10. The molecule has 1 aliphatic rings. The van der Waals surface area contributed by atoms with Gasteiger partial charge in [-0.25, -0.2) is 4.98 Å². The van der Waals surface area contributed by atoms with Crippen molar-refractivity contribution in [1.29, 1.82) is 0 Å². The van der Waals surface area contributed by atoms with E-state index in [1.807, 2.05) is 12.4 Å². The van der Waals surface area contributed by atoms with Crippen LogP contribution in [-0.4, -0.2) is 52.4 Å². The zero-order valence-corrected chi connectivity index (χ0v) is 15.8. The highest BCUT2D eigenvalue weighted by Crippen LogP contribution is 2.24. The maximum Gasteiger partial charge on any atom is 0.229 e. The quantitative estimate of drug-likeness (QED) is 0.649. The van der Waals surface area contributed by atoms with Crippen molar-refractivity contribution in [2.75, 3.05) is 43.1 Å². The first-order valence-corrected chi connectivity index (χ1v) is 9.68. The molecular formula is C20H26N6O. The highest BCUT2D eigenvalue weighted by molar-refractivity contribution is 5.84. The number of nitrogens with zero attached hydrogens (tertiary/aromatic N) is 5. The van der Waals surface area contributed by atoms with Crippen molar-refractivity contribution in [1.82, 2.24) is 19.5 Å². The molecule has 0 atom stereocenters. The van der Waals surface area contributed by atoms with Crippen LogP contribution < -0.4 is 10.2 Å². The minimum atomic E-state index is 0.712. The van der Waals surface area contributed by atoms with E-state index in [4.69, 9.17) is 14.7 Å². The number of unbranched alkanes of at least 4 members (excludes halogenated alkanes) is 1. The number of morpholine rings is 1. The third-order valence-electron chi connectivity index (χ3n) is 4.76. The van der Waals surface area contributed by atoms with Crippen molar-refractivity contribution in [3.05, 3.63) is 42.2 Å². The SMILES string of the molecule is CCCCNc1nc(N2CCOCC2)nc2c1ncn2Cc1ccccc1. The number of rotatable bonds is 7. The molecule has 0 aliphatic carbocycles.